The van der Waals surface area contributed by atoms with E-state index in [0.717, 1.165) is 49.9 Å². The first-order valence-corrected chi connectivity index (χ1v) is 10.9. The van der Waals surface area contributed by atoms with E-state index in [1.165, 1.54) is 0 Å². The Hall–Kier alpha value is -2.13. The summed E-state index contributed by atoms with van der Waals surface area (Å²) in [5, 5.41) is 11.7. The molecule has 4 nitrogen and oxygen atoms in total. The largest absolute Gasteiger partial charge is 1.00 e. The predicted octanol–water partition coefficient (Wildman–Crippen LogP) is 0.492. The van der Waals surface area contributed by atoms with Gasteiger partial charge in [0.2, 0.25) is 5.60 Å². The molecule has 3 fully saturated rings. The van der Waals surface area contributed by atoms with E-state index in [-0.39, 0.29) is 23.1 Å². The van der Waals surface area contributed by atoms with Crippen LogP contribution >= 0.6 is 0 Å². The molecule has 0 aliphatic carbocycles. The highest BCUT2D eigenvalue weighted by molar-refractivity contribution is 5.85. The zero-order chi connectivity index (χ0) is 21.0. The SMILES string of the molecule is CC#CCC[N+]12CCC(CC1)[C@@H](OC(=O)C(O)(c1ccccc1)c1ccccc1)C2.[Br-]. The molecule has 31 heavy (non-hydrogen) atoms. The van der Waals surface area contributed by atoms with Crippen molar-refractivity contribution in [2.45, 2.75) is 37.9 Å². The maximum atomic E-state index is 13.5. The van der Waals surface area contributed by atoms with Gasteiger partial charge in [-0.25, -0.2) is 4.79 Å². The topological polar surface area (TPSA) is 46.5 Å². The predicted molar refractivity (Wildman–Crippen MR) is 116 cm³/mol. The number of hydrogen-bond acceptors (Lipinski definition) is 3. The third kappa shape index (κ3) is 4.72. The molecule has 164 valence electrons. The first kappa shape index (κ1) is 23.5. The highest BCUT2D eigenvalue weighted by atomic mass is 79.9. The molecular weight excluding hydrogens is 454 g/mol. The standard InChI is InChI=1S/C26H30NO3.BrH/c1-2-3-10-17-27-18-15-21(16-19-27)24(20-27)30-25(28)26(29,22-11-6-4-7-12-22)23-13-8-5-9-14-23;/h4-9,11-14,21,24,29H,10,15-20H2,1H3;1H/q+1;/p-1/t21?,24-,27?;/m0./s1. The number of aliphatic hydroxyl groups is 1. The third-order valence-corrected chi connectivity index (χ3v) is 6.87. The van der Waals surface area contributed by atoms with Gasteiger partial charge in [0.15, 0.2) is 6.10 Å². The zero-order valence-electron chi connectivity index (χ0n) is 18.0. The monoisotopic (exact) mass is 483 g/mol. The smallest absolute Gasteiger partial charge is 0.348 e. The Morgan fingerprint density at radius 1 is 1.06 bits per heavy atom. The van der Waals surface area contributed by atoms with Crippen molar-refractivity contribution >= 4 is 5.97 Å². The van der Waals surface area contributed by atoms with Gasteiger partial charge in [-0.3, -0.25) is 0 Å². The summed E-state index contributed by atoms with van der Waals surface area (Å²) >= 11 is 0. The summed E-state index contributed by atoms with van der Waals surface area (Å²) in [7, 11) is 0. The summed E-state index contributed by atoms with van der Waals surface area (Å²) < 4.78 is 7.06. The fourth-order valence-corrected chi connectivity index (χ4v) is 5.07. The lowest BCUT2D eigenvalue weighted by Gasteiger charge is -2.52. The van der Waals surface area contributed by atoms with Crippen molar-refractivity contribution < 1.29 is 36.1 Å². The summed E-state index contributed by atoms with van der Waals surface area (Å²) in [6, 6.07) is 18.2. The molecule has 0 saturated carbocycles. The molecule has 2 aromatic carbocycles. The first-order valence-electron chi connectivity index (χ1n) is 10.9. The molecule has 0 radical (unpaired) electrons. The molecule has 3 aliphatic heterocycles. The second-order valence-electron chi connectivity index (χ2n) is 8.60. The summed E-state index contributed by atoms with van der Waals surface area (Å²) in [6.07, 6.45) is 2.84. The highest BCUT2D eigenvalue weighted by Gasteiger charge is 2.50. The van der Waals surface area contributed by atoms with Gasteiger partial charge in [-0.1, -0.05) is 66.6 Å². The van der Waals surface area contributed by atoms with E-state index in [9.17, 15) is 9.90 Å². The van der Waals surface area contributed by atoms with Gasteiger partial charge in [0.25, 0.3) is 0 Å². The van der Waals surface area contributed by atoms with Crippen molar-refractivity contribution in [3.05, 3.63) is 71.8 Å². The van der Waals surface area contributed by atoms with Crippen LogP contribution in [0.15, 0.2) is 60.7 Å². The maximum Gasteiger partial charge on any atom is 0.348 e. The number of halogens is 1. The molecule has 5 heteroatoms. The van der Waals surface area contributed by atoms with Gasteiger partial charge >= 0.3 is 5.97 Å². The fraction of sp³-hybridized carbons (Fsp3) is 0.423. The van der Waals surface area contributed by atoms with Crippen molar-refractivity contribution in [2.75, 3.05) is 26.2 Å². The van der Waals surface area contributed by atoms with Crippen LogP contribution in [0.2, 0.25) is 0 Å². The van der Waals surface area contributed by atoms with Crippen LogP contribution in [0.4, 0.5) is 0 Å². The van der Waals surface area contributed by atoms with Gasteiger partial charge in [0.05, 0.1) is 26.1 Å². The van der Waals surface area contributed by atoms with Crippen LogP contribution in [-0.2, 0) is 15.1 Å². The van der Waals surface area contributed by atoms with Crippen molar-refractivity contribution in [1.82, 2.24) is 0 Å². The van der Waals surface area contributed by atoms with Gasteiger partial charge in [0, 0.05) is 18.8 Å². The normalized spacial score (nSPS) is 24.5. The number of carbonyl (C=O) groups excluding carboxylic acids is 1. The molecule has 1 N–H and O–H groups in total. The van der Waals surface area contributed by atoms with E-state index >= 15 is 0 Å². The lowest BCUT2D eigenvalue weighted by atomic mass is 9.82. The van der Waals surface area contributed by atoms with E-state index in [2.05, 4.69) is 11.8 Å². The summed E-state index contributed by atoms with van der Waals surface area (Å²) in [5.41, 5.74) is -0.748. The number of rotatable bonds is 6. The van der Waals surface area contributed by atoms with E-state index in [4.69, 9.17) is 4.74 Å². The molecule has 5 rings (SSSR count). The Labute approximate surface area is 195 Å². The Kier molecular flexibility index (Phi) is 7.59. The fourth-order valence-electron chi connectivity index (χ4n) is 5.07. The highest BCUT2D eigenvalue weighted by Crippen LogP contribution is 2.38. The van der Waals surface area contributed by atoms with Crippen LogP contribution in [0, 0.1) is 17.8 Å². The van der Waals surface area contributed by atoms with Gasteiger partial charge in [-0.2, -0.15) is 0 Å². The molecule has 3 aliphatic rings. The second-order valence-corrected chi connectivity index (χ2v) is 8.60. The number of nitrogens with zero attached hydrogens (tertiary/aromatic N) is 1. The second kappa shape index (κ2) is 9.99. The number of quaternary nitrogens is 1. The Bertz CT molecular complexity index is 888. The van der Waals surface area contributed by atoms with Crippen molar-refractivity contribution in [3.63, 3.8) is 0 Å². The summed E-state index contributed by atoms with van der Waals surface area (Å²) in [6.45, 7) is 5.96. The molecule has 2 bridgehead atoms. The molecule has 0 aromatic heterocycles. The minimum Gasteiger partial charge on any atom is -1.00 e. The van der Waals surface area contributed by atoms with Gasteiger partial charge < -0.3 is 31.3 Å². The molecule has 0 amide bonds. The Morgan fingerprint density at radius 3 is 2.13 bits per heavy atom. The third-order valence-electron chi connectivity index (χ3n) is 6.87. The van der Waals surface area contributed by atoms with Crippen molar-refractivity contribution in [2.24, 2.45) is 5.92 Å². The van der Waals surface area contributed by atoms with Crippen LogP contribution in [0.1, 0.15) is 37.3 Å². The Balaban J connectivity index is 0.00000272. The maximum absolute atomic E-state index is 13.5. The minimum absolute atomic E-state index is 0. The lowest BCUT2D eigenvalue weighted by molar-refractivity contribution is -0.945. The van der Waals surface area contributed by atoms with Crippen molar-refractivity contribution in [1.29, 1.82) is 0 Å². The summed E-state index contributed by atoms with van der Waals surface area (Å²) in [4.78, 5) is 13.5. The number of piperidine rings is 3. The van der Waals surface area contributed by atoms with Crippen LogP contribution in [0.25, 0.3) is 0 Å². The lowest BCUT2D eigenvalue weighted by Crippen LogP contribution is -3.00. The number of esters is 1. The van der Waals surface area contributed by atoms with Gasteiger partial charge in [0.1, 0.15) is 6.54 Å². The van der Waals surface area contributed by atoms with Gasteiger partial charge in [-0.05, 0) is 18.1 Å². The number of fused-ring (bicyclic) bond motifs is 3. The van der Waals surface area contributed by atoms with Crippen LogP contribution < -0.4 is 17.0 Å². The van der Waals surface area contributed by atoms with E-state index in [1.54, 1.807) is 24.3 Å². The quantitative estimate of drug-likeness (QED) is 0.369. The molecule has 3 heterocycles. The van der Waals surface area contributed by atoms with E-state index in [1.807, 2.05) is 43.3 Å². The molecular formula is C26H30BrNO3. The average Bonchev–Trinajstić information content (AvgIpc) is 2.80. The zero-order valence-corrected chi connectivity index (χ0v) is 19.6. The van der Waals surface area contributed by atoms with Crippen LogP contribution in [0.5, 0.6) is 0 Å². The van der Waals surface area contributed by atoms with Crippen LogP contribution in [0.3, 0.4) is 0 Å². The van der Waals surface area contributed by atoms with Gasteiger partial charge in [-0.15, -0.1) is 5.92 Å². The number of benzene rings is 2. The number of ether oxygens (including phenoxy) is 1. The number of hydrogen-bond donors (Lipinski definition) is 1. The average molecular weight is 484 g/mol. The first-order chi connectivity index (χ1) is 14.6. The molecule has 1 atom stereocenters. The van der Waals surface area contributed by atoms with Crippen molar-refractivity contribution in [3.8, 4) is 11.8 Å². The summed E-state index contributed by atoms with van der Waals surface area (Å²) in [5.74, 6) is 5.96. The molecule has 0 unspecified atom stereocenters. The Morgan fingerprint density at radius 2 is 1.61 bits per heavy atom. The molecule has 2 aromatic rings. The van der Waals surface area contributed by atoms with E-state index in [0.29, 0.717) is 17.0 Å². The number of carbonyl (C=O) groups is 1. The molecule has 3 saturated heterocycles. The van der Waals surface area contributed by atoms with E-state index < -0.39 is 11.6 Å². The minimum atomic E-state index is -1.81. The van der Waals surface area contributed by atoms with Crippen LogP contribution in [-0.4, -0.2) is 47.8 Å². The molecule has 0 spiro atoms.